The maximum absolute atomic E-state index is 11.0. The normalized spacial score (nSPS) is 10.2. The number of carboxylic acids is 1. The second kappa shape index (κ2) is 6.02. The summed E-state index contributed by atoms with van der Waals surface area (Å²) < 4.78 is 0.681. The zero-order chi connectivity index (χ0) is 14.7. The van der Waals surface area contributed by atoms with E-state index in [-0.39, 0.29) is 16.1 Å². The first-order chi connectivity index (χ1) is 9.49. The Morgan fingerprint density at radius 1 is 1.40 bits per heavy atom. The second-order valence-electron chi connectivity index (χ2n) is 3.64. The Balaban J connectivity index is 2.48. The van der Waals surface area contributed by atoms with E-state index in [2.05, 4.69) is 20.9 Å². The monoisotopic (exact) mass is 354 g/mol. The van der Waals surface area contributed by atoms with Crippen LogP contribution >= 0.6 is 27.7 Å². The minimum absolute atomic E-state index is 0.00912. The summed E-state index contributed by atoms with van der Waals surface area (Å²) in [6, 6.07) is 7.13. The Morgan fingerprint density at radius 2 is 2.15 bits per heavy atom. The minimum atomic E-state index is -1.14. The fraction of sp³-hybridized carbons (Fsp3) is 0. The molecule has 2 aromatic rings. The molecule has 0 aliphatic carbocycles. The van der Waals surface area contributed by atoms with E-state index in [4.69, 9.17) is 5.11 Å². The number of pyridine rings is 1. The highest BCUT2D eigenvalue weighted by atomic mass is 79.9. The zero-order valence-electron chi connectivity index (χ0n) is 9.82. The molecule has 0 fully saturated rings. The highest BCUT2D eigenvalue weighted by Gasteiger charge is 2.18. The molecule has 102 valence electrons. The van der Waals surface area contributed by atoms with Gasteiger partial charge in [0, 0.05) is 12.3 Å². The average Bonchev–Trinajstić information content (AvgIpc) is 2.41. The van der Waals surface area contributed by atoms with Gasteiger partial charge in [0.25, 0.3) is 5.69 Å². The highest BCUT2D eigenvalue weighted by molar-refractivity contribution is 9.10. The lowest BCUT2D eigenvalue weighted by Crippen LogP contribution is -1.99. The van der Waals surface area contributed by atoms with E-state index in [1.807, 2.05) is 0 Å². The number of halogens is 1. The van der Waals surface area contributed by atoms with Crippen LogP contribution < -0.4 is 0 Å². The molecule has 0 radical (unpaired) electrons. The molecule has 1 N–H and O–H groups in total. The van der Waals surface area contributed by atoms with Crippen LogP contribution in [0.15, 0.2) is 50.9 Å². The topological polar surface area (TPSA) is 93.3 Å². The molecular formula is C12H7BrN2O4S. The van der Waals surface area contributed by atoms with Gasteiger partial charge in [-0.05, 0) is 40.2 Å². The molecule has 0 amide bonds. The lowest BCUT2D eigenvalue weighted by atomic mass is 10.2. The van der Waals surface area contributed by atoms with Gasteiger partial charge >= 0.3 is 5.97 Å². The summed E-state index contributed by atoms with van der Waals surface area (Å²) in [5.41, 5.74) is -0.164. The summed E-state index contributed by atoms with van der Waals surface area (Å²) >= 11 is 4.33. The van der Waals surface area contributed by atoms with Crippen molar-refractivity contribution >= 4 is 39.3 Å². The zero-order valence-corrected chi connectivity index (χ0v) is 12.2. The summed E-state index contributed by atoms with van der Waals surface area (Å²) in [6.07, 6.45) is 1.56. The van der Waals surface area contributed by atoms with Gasteiger partial charge in [-0.15, -0.1) is 0 Å². The van der Waals surface area contributed by atoms with Crippen molar-refractivity contribution in [2.24, 2.45) is 0 Å². The number of nitro groups is 1. The summed E-state index contributed by atoms with van der Waals surface area (Å²) in [5.74, 6) is -1.14. The number of carboxylic acid groups (broad SMARTS) is 1. The Kier molecular flexibility index (Phi) is 4.35. The molecule has 0 spiro atoms. The Hall–Kier alpha value is -1.93. The van der Waals surface area contributed by atoms with Crippen LogP contribution in [0.5, 0.6) is 0 Å². The van der Waals surface area contributed by atoms with Gasteiger partial charge in [0.05, 0.1) is 19.9 Å². The van der Waals surface area contributed by atoms with Crippen LogP contribution in [-0.4, -0.2) is 21.0 Å². The quantitative estimate of drug-likeness (QED) is 0.665. The molecule has 0 unspecified atom stereocenters. The van der Waals surface area contributed by atoms with Gasteiger partial charge in [-0.1, -0.05) is 11.8 Å². The van der Waals surface area contributed by atoms with E-state index in [1.165, 1.54) is 18.2 Å². The van der Waals surface area contributed by atoms with Gasteiger partial charge in [-0.25, -0.2) is 9.78 Å². The lowest BCUT2D eigenvalue weighted by molar-refractivity contribution is -0.387. The third-order valence-corrected chi connectivity index (χ3v) is 4.30. The molecule has 1 aromatic heterocycles. The molecule has 1 aromatic carbocycles. The first-order valence-corrected chi connectivity index (χ1v) is 6.90. The van der Waals surface area contributed by atoms with E-state index in [9.17, 15) is 14.9 Å². The van der Waals surface area contributed by atoms with Crippen LogP contribution in [-0.2, 0) is 0 Å². The van der Waals surface area contributed by atoms with Crippen LogP contribution in [0.3, 0.4) is 0 Å². The van der Waals surface area contributed by atoms with Gasteiger partial charge in [0.2, 0.25) is 0 Å². The average molecular weight is 355 g/mol. The summed E-state index contributed by atoms with van der Waals surface area (Å²) in [6.45, 7) is 0. The van der Waals surface area contributed by atoms with Gasteiger partial charge in [-0.3, -0.25) is 10.1 Å². The fourth-order valence-electron chi connectivity index (χ4n) is 1.43. The van der Waals surface area contributed by atoms with Crippen molar-refractivity contribution in [1.29, 1.82) is 0 Å². The lowest BCUT2D eigenvalue weighted by Gasteiger charge is -2.05. The van der Waals surface area contributed by atoms with Crippen molar-refractivity contribution in [3.63, 3.8) is 0 Å². The molecule has 0 saturated heterocycles. The van der Waals surface area contributed by atoms with Crippen LogP contribution in [0.2, 0.25) is 0 Å². The largest absolute Gasteiger partial charge is 0.478 e. The molecule has 0 aliphatic heterocycles. The number of carbonyl (C=O) groups is 1. The van der Waals surface area contributed by atoms with Crippen LogP contribution in [0.1, 0.15) is 10.4 Å². The van der Waals surface area contributed by atoms with E-state index in [0.717, 1.165) is 11.8 Å². The van der Waals surface area contributed by atoms with E-state index in [0.29, 0.717) is 9.50 Å². The second-order valence-corrected chi connectivity index (χ2v) is 5.52. The number of nitrogens with zero attached hydrogens (tertiary/aromatic N) is 2. The standard InChI is InChI=1S/C12H7BrN2O4S/c13-8-2-1-5-14-11(8)20-10-6-7(12(16)17)3-4-9(10)15(18)19/h1-6H,(H,16,17). The molecular weight excluding hydrogens is 348 g/mol. The van der Waals surface area contributed by atoms with Gasteiger partial charge in [-0.2, -0.15) is 0 Å². The number of rotatable bonds is 4. The Labute approximate surface area is 126 Å². The fourth-order valence-corrected chi connectivity index (χ4v) is 2.85. The predicted octanol–water partition coefficient (Wildman–Crippen LogP) is 3.60. The molecule has 0 bridgehead atoms. The Morgan fingerprint density at radius 3 is 2.75 bits per heavy atom. The Bertz CT molecular complexity index is 693. The molecule has 20 heavy (non-hydrogen) atoms. The van der Waals surface area contributed by atoms with Crippen molar-refractivity contribution in [3.05, 3.63) is 56.7 Å². The van der Waals surface area contributed by atoms with Gasteiger partial charge < -0.3 is 5.11 Å². The van der Waals surface area contributed by atoms with Crippen LogP contribution in [0, 0.1) is 10.1 Å². The molecule has 0 atom stereocenters. The first kappa shape index (κ1) is 14.5. The third kappa shape index (κ3) is 3.14. The van der Waals surface area contributed by atoms with E-state index >= 15 is 0 Å². The number of nitro benzene ring substituents is 1. The molecule has 2 rings (SSSR count). The van der Waals surface area contributed by atoms with Crippen molar-refractivity contribution in [3.8, 4) is 0 Å². The summed E-state index contributed by atoms with van der Waals surface area (Å²) in [5, 5.41) is 20.5. The molecule has 0 saturated carbocycles. The van der Waals surface area contributed by atoms with Crippen molar-refractivity contribution in [2.75, 3.05) is 0 Å². The minimum Gasteiger partial charge on any atom is -0.478 e. The smallest absolute Gasteiger partial charge is 0.335 e. The number of hydrogen-bond acceptors (Lipinski definition) is 5. The molecule has 0 aliphatic rings. The summed E-state index contributed by atoms with van der Waals surface area (Å²) in [4.78, 5) is 25.7. The first-order valence-electron chi connectivity index (χ1n) is 5.29. The molecule has 1 heterocycles. The van der Waals surface area contributed by atoms with Crippen molar-refractivity contribution < 1.29 is 14.8 Å². The SMILES string of the molecule is O=C(O)c1ccc([N+](=O)[O-])c(Sc2ncccc2Br)c1. The summed E-state index contributed by atoms with van der Waals surface area (Å²) in [7, 11) is 0. The molecule has 8 heteroatoms. The number of aromatic carboxylic acids is 1. The maximum atomic E-state index is 11.0. The van der Waals surface area contributed by atoms with E-state index in [1.54, 1.807) is 18.3 Å². The van der Waals surface area contributed by atoms with Crippen LogP contribution in [0.25, 0.3) is 0 Å². The van der Waals surface area contributed by atoms with Crippen molar-refractivity contribution in [2.45, 2.75) is 9.92 Å². The van der Waals surface area contributed by atoms with Crippen LogP contribution in [0.4, 0.5) is 5.69 Å². The van der Waals surface area contributed by atoms with E-state index < -0.39 is 10.9 Å². The highest BCUT2D eigenvalue weighted by Crippen LogP contribution is 2.37. The maximum Gasteiger partial charge on any atom is 0.335 e. The van der Waals surface area contributed by atoms with Gasteiger partial charge in [0.1, 0.15) is 5.03 Å². The van der Waals surface area contributed by atoms with Gasteiger partial charge in [0.15, 0.2) is 0 Å². The predicted molar refractivity (Wildman–Crippen MR) is 76.1 cm³/mol. The number of hydrogen-bond donors (Lipinski definition) is 1. The number of aromatic nitrogens is 1. The van der Waals surface area contributed by atoms with Crippen molar-refractivity contribution in [1.82, 2.24) is 4.98 Å². The molecule has 6 nitrogen and oxygen atoms in total. The number of benzene rings is 1. The third-order valence-electron chi connectivity index (χ3n) is 2.33.